The quantitative estimate of drug-likeness (QED) is 0.614. The molecule has 0 radical (unpaired) electrons. The average molecular weight is 392 g/mol. The fourth-order valence-electron chi connectivity index (χ4n) is 3.20. The zero-order valence-corrected chi connectivity index (χ0v) is 15.8. The van der Waals surface area contributed by atoms with Crippen LogP contribution in [0.3, 0.4) is 0 Å². The van der Waals surface area contributed by atoms with Crippen molar-refractivity contribution in [2.24, 2.45) is 5.92 Å². The summed E-state index contributed by atoms with van der Waals surface area (Å²) in [6.45, 7) is 4.18. The van der Waals surface area contributed by atoms with Gasteiger partial charge >= 0.3 is 5.97 Å². The van der Waals surface area contributed by atoms with Gasteiger partial charge in [-0.3, -0.25) is 19.4 Å². The van der Waals surface area contributed by atoms with Crippen molar-refractivity contribution in [1.29, 1.82) is 0 Å². The molecule has 2 aromatic rings. The summed E-state index contributed by atoms with van der Waals surface area (Å²) in [7, 11) is 0. The van der Waals surface area contributed by atoms with Crippen molar-refractivity contribution in [3.63, 3.8) is 0 Å². The number of anilines is 1. The lowest BCUT2D eigenvalue weighted by Crippen LogP contribution is -2.49. The number of benzene rings is 1. The second-order valence-corrected chi connectivity index (χ2v) is 7.67. The van der Waals surface area contributed by atoms with E-state index in [1.54, 1.807) is 0 Å². The molecule has 1 aromatic carbocycles. The summed E-state index contributed by atoms with van der Waals surface area (Å²) in [5, 5.41) is 21.7. The van der Waals surface area contributed by atoms with Gasteiger partial charge in [0, 0.05) is 45.7 Å². The molecule has 9 heteroatoms. The van der Waals surface area contributed by atoms with E-state index in [4.69, 9.17) is 5.11 Å². The Kier molecular flexibility index (Phi) is 6.73. The first kappa shape index (κ1) is 19.7. The number of thiazole rings is 1. The molecule has 3 N–H and O–H groups in total. The molecule has 1 fully saturated rings. The van der Waals surface area contributed by atoms with E-state index < -0.39 is 11.9 Å². The Morgan fingerprint density at radius 1 is 1.19 bits per heavy atom. The van der Waals surface area contributed by atoms with Crippen LogP contribution >= 0.6 is 11.3 Å². The number of piperazine rings is 1. The molecule has 1 aliphatic rings. The van der Waals surface area contributed by atoms with Crippen LogP contribution in [0.4, 0.5) is 5.13 Å². The molecule has 0 aliphatic carbocycles. The number of aliphatic carboxylic acids is 1. The number of hydrogen-bond donors (Lipinski definition) is 3. The largest absolute Gasteiger partial charge is 0.481 e. The number of nitrogens with zero attached hydrogens (tertiary/aromatic N) is 3. The maximum atomic E-state index is 12.3. The smallest absolute Gasteiger partial charge is 0.308 e. The van der Waals surface area contributed by atoms with Crippen LogP contribution in [0.5, 0.6) is 0 Å². The monoisotopic (exact) mass is 392 g/mol. The summed E-state index contributed by atoms with van der Waals surface area (Å²) in [5.41, 5.74) is 0.813. The number of amides is 1. The molecule has 1 aliphatic heterocycles. The van der Waals surface area contributed by atoms with Crippen LogP contribution in [-0.2, 0) is 9.59 Å². The van der Waals surface area contributed by atoms with Crippen molar-refractivity contribution < 1.29 is 19.8 Å². The summed E-state index contributed by atoms with van der Waals surface area (Å²) in [4.78, 5) is 32.5. The number of para-hydroxylation sites is 1. The minimum absolute atomic E-state index is 0.0812. The molecule has 0 saturated carbocycles. The number of aliphatic hydroxyl groups is 1. The van der Waals surface area contributed by atoms with Gasteiger partial charge in [0.15, 0.2) is 5.13 Å². The Labute approximate surface area is 161 Å². The van der Waals surface area contributed by atoms with Crippen molar-refractivity contribution in [2.75, 3.05) is 51.2 Å². The third-order valence-electron chi connectivity index (χ3n) is 4.68. The van der Waals surface area contributed by atoms with Gasteiger partial charge in [0.05, 0.1) is 22.7 Å². The minimum Gasteiger partial charge on any atom is -0.481 e. The van der Waals surface area contributed by atoms with E-state index >= 15 is 0 Å². The lowest BCUT2D eigenvalue weighted by Gasteiger charge is -2.35. The summed E-state index contributed by atoms with van der Waals surface area (Å²) >= 11 is 1.37. The van der Waals surface area contributed by atoms with Gasteiger partial charge < -0.3 is 15.5 Å². The molecule has 8 nitrogen and oxygen atoms in total. The average Bonchev–Trinajstić information content (AvgIpc) is 3.05. The highest BCUT2D eigenvalue weighted by Gasteiger charge is 2.26. The SMILES string of the molecule is O=C(CC(CN1CCN(CCO)CC1)C(=O)O)Nc1nc2ccccc2s1. The van der Waals surface area contributed by atoms with Gasteiger partial charge in [-0.15, -0.1) is 0 Å². The Morgan fingerprint density at radius 2 is 1.89 bits per heavy atom. The minimum atomic E-state index is -0.966. The maximum Gasteiger partial charge on any atom is 0.308 e. The summed E-state index contributed by atoms with van der Waals surface area (Å²) in [5.74, 6) is -2.06. The molecule has 3 rings (SSSR count). The second-order valence-electron chi connectivity index (χ2n) is 6.64. The van der Waals surface area contributed by atoms with Crippen molar-refractivity contribution >= 4 is 38.6 Å². The standard InChI is InChI=1S/C18H24N4O4S/c23-10-9-21-5-7-22(8-6-21)12-13(17(25)26)11-16(24)20-18-19-14-3-1-2-4-15(14)27-18/h1-4,13,23H,5-12H2,(H,25,26)(H,19,20,24). The number of carboxylic acids is 1. The first-order chi connectivity index (χ1) is 13.0. The number of β-amino-alcohol motifs (C(OH)–C–C–N with tert-alkyl or cyclic N) is 1. The topological polar surface area (TPSA) is 106 Å². The molecule has 146 valence electrons. The maximum absolute atomic E-state index is 12.3. The number of carbonyl (C=O) groups excluding carboxylic acids is 1. The van der Waals surface area contributed by atoms with Gasteiger partial charge in [-0.05, 0) is 12.1 Å². The van der Waals surface area contributed by atoms with Gasteiger partial charge in [-0.1, -0.05) is 23.5 Å². The van der Waals surface area contributed by atoms with Crippen LogP contribution in [0.2, 0.25) is 0 Å². The van der Waals surface area contributed by atoms with Crippen LogP contribution < -0.4 is 5.32 Å². The van der Waals surface area contributed by atoms with Crippen LogP contribution in [-0.4, -0.2) is 82.7 Å². The highest BCUT2D eigenvalue weighted by molar-refractivity contribution is 7.22. The Morgan fingerprint density at radius 3 is 2.56 bits per heavy atom. The molecular formula is C18H24N4O4S. The molecule has 2 heterocycles. The Balaban J connectivity index is 1.53. The normalized spacial score (nSPS) is 17.1. The molecule has 1 aromatic heterocycles. The van der Waals surface area contributed by atoms with Gasteiger partial charge in [0.2, 0.25) is 5.91 Å². The number of carboxylic acid groups (broad SMARTS) is 1. The number of aromatic nitrogens is 1. The predicted octanol–water partition coefficient (Wildman–Crippen LogP) is 0.936. The number of rotatable bonds is 8. The van der Waals surface area contributed by atoms with Crippen LogP contribution in [0.25, 0.3) is 10.2 Å². The van der Waals surface area contributed by atoms with E-state index in [0.29, 0.717) is 18.2 Å². The molecular weight excluding hydrogens is 368 g/mol. The van der Waals surface area contributed by atoms with E-state index in [1.807, 2.05) is 24.3 Å². The number of carbonyl (C=O) groups is 2. The number of hydrogen-bond acceptors (Lipinski definition) is 7. The molecule has 1 unspecified atom stereocenters. The van der Waals surface area contributed by atoms with Crippen LogP contribution in [0.1, 0.15) is 6.42 Å². The van der Waals surface area contributed by atoms with Gasteiger partial charge in [0.25, 0.3) is 0 Å². The van der Waals surface area contributed by atoms with Crippen LogP contribution in [0, 0.1) is 5.92 Å². The molecule has 0 spiro atoms. The van der Waals surface area contributed by atoms with E-state index in [1.165, 1.54) is 11.3 Å². The van der Waals surface area contributed by atoms with Gasteiger partial charge in [-0.25, -0.2) is 4.98 Å². The van der Waals surface area contributed by atoms with E-state index in [2.05, 4.69) is 20.1 Å². The lowest BCUT2D eigenvalue weighted by molar-refractivity contribution is -0.144. The Hall–Kier alpha value is -2.07. The van der Waals surface area contributed by atoms with Crippen molar-refractivity contribution in [3.8, 4) is 0 Å². The molecule has 0 bridgehead atoms. The summed E-state index contributed by atoms with van der Waals surface area (Å²) in [6.07, 6.45) is -0.0812. The van der Waals surface area contributed by atoms with Crippen molar-refractivity contribution in [2.45, 2.75) is 6.42 Å². The fraction of sp³-hybridized carbons (Fsp3) is 0.500. The summed E-state index contributed by atoms with van der Waals surface area (Å²) < 4.78 is 0.975. The van der Waals surface area contributed by atoms with E-state index in [9.17, 15) is 14.7 Å². The highest BCUT2D eigenvalue weighted by Crippen LogP contribution is 2.25. The lowest BCUT2D eigenvalue weighted by atomic mass is 10.0. The second kappa shape index (κ2) is 9.23. The van der Waals surface area contributed by atoms with Crippen molar-refractivity contribution in [1.82, 2.24) is 14.8 Å². The van der Waals surface area contributed by atoms with E-state index in [-0.39, 0.29) is 18.9 Å². The molecule has 1 amide bonds. The zero-order valence-electron chi connectivity index (χ0n) is 15.0. The number of aliphatic hydroxyl groups excluding tert-OH is 1. The van der Waals surface area contributed by atoms with Crippen molar-refractivity contribution in [3.05, 3.63) is 24.3 Å². The van der Waals surface area contributed by atoms with Gasteiger partial charge in [0.1, 0.15) is 0 Å². The van der Waals surface area contributed by atoms with E-state index in [0.717, 1.165) is 36.4 Å². The Bertz CT molecular complexity index is 756. The molecule has 1 atom stereocenters. The summed E-state index contributed by atoms with van der Waals surface area (Å²) in [6, 6.07) is 7.60. The third-order valence-corrected chi connectivity index (χ3v) is 5.63. The van der Waals surface area contributed by atoms with Crippen LogP contribution in [0.15, 0.2) is 24.3 Å². The molecule has 27 heavy (non-hydrogen) atoms. The third kappa shape index (κ3) is 5.46. The number of nitrogens with one attached hydrogen (secondary N) is 1. The highest BCUT2D eigenvalue weighted by atomic mass is 32.1. The predicted molar refractivity (Wildman–Crippen MR) is 104 cm³/mol. The first-order valence-electron chi connectivity index (χ1n) is 8.99. The molecule has 1 saturated heterocycles. The zero-order chi connectivity index (χ0) is 19.2. The number of fused-ring (bicyclic) bond motifs is 1. The fourth-order valence-corrected chi connectivity index (χ4v) is 4.08. The van der Waals surface area contributed by atoms with Gasteiger partial charge in [-0.2, -0.15) is 0 Å². The first-order valence-corrected chi connectivity index (χ1v) is 9.80.